The highest BCUT2D eigenvalue weighted by Crippen LogP contribution is 2.21. The van der Waals surface area contributed by atoms with Gasteiger partial charge in [0.2, 0.25) is 0 Å². The lowest BCUT2D eigenvalue weighted by Gasteiger charge is -2.08. The Bertz CT molecular complexity index is 403. The lowest BCUT2D eigenvalue weighted by Crippen LogP contribution is -2.36. The molecule has 0 aliphatic carbocycles. The Kier molecular flexibility index (Phi) is 5.59. The van der Waals surface area contributed by atoms with Crippen LogP contribution in [0.3, 0.4) is 0 Å². The maximum absolute atomic E-state index is 6.05. The number of hydrogen-bond donors (Lipinski definition) is 2. The monoisotopic (exact) mass is 273 g/mol. The highest BCUT2D eigenvalue weighted by molar-refractivity contribution is 6.35. The van der Waals surface area contributed by atoms with Crippen molar-refractivity contribution in [3.63, 3.8) is 0 Å². The molecule has 0 aliphatic heterocycles. The summed E-state index contributed by atoms with van der Waals surface area (Å²) in [6.07, 6.45) is 0.747. The van der Waals surface area contributed by atoms with Crippen molar-refractivity contribution in [3.05, 3.63) is 33.8 Å². The van der Waals surface area contributed by atoms with Crippen molar-refractivity contribution in [2.75, 3.05) is 6.54 Å². The van der Waals surface area contributed by atoms with E-state index in [1.165, 1.54) is 0 Å². The summed E-state index contributed by atoms with van der Waals surface area (Å²) in [6, 6.07) is 5.75. The molecule has 0 fully saturated rings. The van der Waals surface area contributed by atoms with Gasteiger partial charge < -0.3 is 11.1 Å². The Labute approximate surface area is 112 Å². The smallest absolute Gasteiger partial charge is 0.188 e. The van der Waals surface area contributed by atoms with Gasteiger partial charge in [0, 0.05) is 22.6 Å². The third kappa shape index (κ3) is 5.29. The van der Waals surface area contributed by atoms with Gasteiger partial charge in [0.25, 0.3) is 0 Å². The van der Waals surface area contributed by atoms with E-state index in [1.807, 2.05) is 26.0 Å². The van der Waals surface area contributed by atoms with Crippen LogP contribution in [0.4, 0.5) is 0 Å². The second-order valence-electron chi connectivity index (χ2n) is 4.05. The number of benzene rings is 1. The average molecular weight is 274 g/mol. The van der Waals surface area contributed by atoms with E-state index < -0.39 is 0 Å². The number of nitrogens with zero attached hydrogens (tertiary/aromatic N) is 1. The lowest BCUT2D eigenvalue weighted by molar-refractivity contribution is 0.723. The average Bonchev–Trinajstić information content (AvgIpc) is 2.20. The number of halogens is 2. The van der Waals surface area contributed by atoms with Gasteiger partial charge in [0.1, 0.15) is 0 Å². The minimum atomic E-state index is 0.290. The fourth-order valence-electron chi connectivity index (χ4n) is 1.36. The SMILES string of the molecule is CC(C)NC(N)=NCCc1ccc(Cl)cc1Cl. The van der Waals surface area contributed by atoms with Gasteiger partial charge in [-0.2, -0.15) is 0 Å². The number of nitrogens with two attached hydrogens (primary N) is 1. The van der Waals surface area contributed by atoms with Crippen LogP contribution in [0.1, 0.15) is 19.4 Å². The summed E-state index contributed by atoms with van der Waals surface area (Å²) in [7, 11) is 0. The standard InChI is InChI=1S/C12H17Cl2N3/c1-8(2)17-12(15)16-6-5-9-3-4-10(13)7-11(9)14/h3-4,7-8H,5-6H2,1-2H3,(H3,15,16,17). The molecule has 0 aliphatic rings. The predicted octanol–water partition coefficient (Wildman–Crippen LogP) is 2.85. The molecule has 1 aromatic carbocycles. The molecule has 17 heavy (non-hydrogen) atoms. The quantitative estimate of drug-likeness (QED) is 0.655. The van der Waals surface area contributed by atoms with Crippen LogP contribution in [0, 0.1) is 0 Å². The Morgan fingerprint density at radius 2 is 2.12 bits per heavy atom. The molecular formula is C12H17Cl2N3. The number of rotatable bonds is 4. The molecule has 3 N–H and O–H groups in total. The maximum Gasteiger partial charge on any atom is 0.188 e. The van der Waals surface area contributed by atoms with Crippen molar-refractivity contribution in [1.82, 2.24) is 5.32 Å². The van der Waals surface area contributed by atoms with Crippen molar-refractivity contribution in [2.24, 2.45) is 10.7 Å². The first-order valence-corrected chi connectivity index (χ1v) is 6.25. The van der Waals surface area contributed by atoms with Crippen molar-refractivity contribution < 1.29 is 0 Å². The molecule has 1 aromatic rings. The number of nitrogens with one attached hydrogen (secondary N) is 1. The molecule has 5 heteroatoms. The largest absolute Gasteiger partial charge is 0.370 e. The number of guanidine groups is 1. The second-order valence-corrected chi connectivity index (χ2v) is 4.90. The maximum atomic E-state index is 6.05. The van der Waals surface area contributed by atoms with Crippen molar-refractivity contribution >= 4 is 29.2 Å². The molecule has 0 spiro atoms. The van der Waals surface area contributed by atoms with E-state index in [4.69, 9.17) is 28.9 Å². The van der Waals surface area contributed by atoms with E-state index in [-0.39, 0.29) is 6.04 Å². The molecular weight excluding hydrogens is 257 g/mol. The van der Waals surface area contributed by atoms with E-state index >= 15 is 0 Å². The Balaban J connectivity index is 2.50. The van der Waals surface area contributed by atoms with Crippen LogP contribution < -0.4 is 11.1 Å². The zero-order chi connectivity index (χ0) is 12.8. The van der Waals surface area contributed by atoms with Crippen LogP contribution in [-0.4, -0.2) is 18.5 Å². The molecule has 0 saturated carbocycles. The summed E-state index contributed by atoms with van der Waals surface area (Å²) in [4.78, 5) is 4.21. The van der Waals surface area contributed by atoms with E-state index in [1.54, 1.807) is 6.07 Å². The molecule has 0 bridgehead atoms. The van der Waals surface area contributed by atoms with Crippen LogP contribution in [0.25, 0.3) is 0 Å². The van der Waals surface area contributed by atoms with Gasteiger partial charge in [0.05, 0.1) is 0 Å². The molecule has 94 valence electrons. The Hall–Kier alpha value is -0.930. The number of hydrogen-bond acceptors (Lipinski definition) is 1. The van der Waals surface area contributed by atoms with E-state index in [2.05, 4.69) is 10.3 Å². The van der Waals surface area contributed by atoms with Crippen LogP contribution in [0.5, 0.6) is 0 Å². The zero-order valence-corrected chi connectivity index (χ0v) is 11.5. The minimum Gasteiger partial charge on any atom is -0.370 e. The fourth-order valence-corrected chi connectivity index (χ4v) is 1.87. The summed E-state index contributed by atoms with van der Waals surface area (Å²) >= 11 is 11.9. The molecule has 1 rings (SSSR count). The van der Waals surface area contributed by atoms with Crippen molar-refractivity contribution in [3.8, 4) is 0 Å². The highest BCUT2D eigenvalue weighted by atomic mass is 35.5. The first-order chi connectivity index (χ1) is 7.99. The van der Waals surface area contributed by atoms with Gasteiger partial charge in [-0.1, -0.05) is 29.3 Å². The van der Waals surface area contributed by atoms with Crippen LogP contribution in [-0.2, 0) is 6.42 Å². The van der Waals surface area contributed by atoms with Gasteiger partial charge >= 0.3 is 0 Å². The molecule has 0 heterocycles. The third-order valence-electron chi connectivity index (χ3n) is 2.11. The summed E-state index contributed by atoms with van der Waals surface area (Å²) in [5, 5.41) is 4.34. The van der Waals surface area contributed by atoms with Crippen molar-refractivity contribution in [2.45, 2.75) is 26.3 Å². The molecule has 0 saturated heterocycles. The fraction of sp³-hybridized carbons (Fsp3) is 0.417. The molecule has 0 radical (unpaired) electrons. The zero-order valence-electron chi connectivity index (χ0n) is 10.0. The topological polar surface area (TPSA) is 50.4 Å². The summed E-state index contributed by atoms with van der Waals surface area (Å²) < 4.78 is 0. The Morgan fingerprint density at radius 3 is 2.71 bits per heavy atom. The predicted molar refractivity (Wildman–Crippen MR) is 74.9 cm³/mol. The van der Waals surface area contributed by atoms with E-state index in [0.717, 1.165) is 12.0 Å². The molecule has 3 nitrogen and oxygen atoms in total. The third-order valence-corrected chi connectivity index (χ3v) is 2.70. The van der Waals surface area contributed by atoms with Gasteiger partial charge in [-0.15, -0.1) is 0 Å². The van der Waals surface area contributed by atoms with E-state index in [9.17, 15) is 0 Å². The normalized spacial score (nSPS) is 11.9. The molecule has 0 atom stereocenters. The number of aliphatic imine (C=N–C) groups is 1. The van der Waals surface area contributed by atoms with Gasteiger partial charge in [-0.05, 0) is 38.0 Å². The van der Waals surface area contributed by atoms with E-state index in [0.29, 0.717) is 22.5 Å². The van der Waals surface area contributed by atoms with Gasteiger partial charge in [-0.25, -0.2) is 0 Å². The van der Waals surface area contributed by atoms with Gasteiger partial charge in [0.15, 0.2) is 5.96 Å². The second kappa shape index (κ2) is 6.72. The molecule has 0 amide bonds. The summed E-state index contributed by atoms with van der Waals surface area (Å²) in [5.74, 6) is 0.463. The molecule has 0 unspecified atom stereocenters. The first kappa shape index (κ1) is 14.1. The highest BCUT2D eigenvalue weighted by Gasteiger charge is 2.01. The van der Waals surface area contributed by atoms with Crippen molar-refractivity contribution in [1.29, 1.82) is 0 Å². The first-order valence-electron chi connectivity index (χ1n) is 5.49. The Morgan fingerprint density at radius 1 is 1.41 bits per heavy atom. The van der Waals surface area contributed by atoms with Gasteiger partial charge in [-0.3, -0.25) is 4.99 Å². The minimum absolute atomic E-state index is 0.290. The van der Waals surface area contributed by atoms with Crippen LogP contribution >= 0.6 is 23.2 Å². The lowest BCUT2D eigenvalue weighted by atomic mass is 10.1. The van der Waals surface area contributed by atoms with Crippen LogP contribution in [0.15, 0.2) is 23.2 Å². The van der Waals surface area contributed by atoms with Crippen LogP contribution in [0.2, 0.25) is 10.0 Å². The summed E-state index contributed by atoms with van der Waals surface area (Å²) in [5.41, 5.74) is 6.71. The summed E-state index contributed by atoms with van der Waals surface area (Å²) in [6.45, 7) is 4.63. The molecule has 0 aromatic heterocycles.